The third kappa shape index (κ3) is 5.21. The highest BCUT2D eigenvalue weighted by Gasteiger charge is 2.33. The molecule has 1 atom stereocenters. The van der Waals surface area contributed by atoms with Gasteiger partial charge in [0.25, 0.3) is 0 Å². The molecule has 2 aliphatic rings. The molecular weight excluding hydrogens is 300 g/mol. The van der Waals surface area contributed by atoms with Crippen LogP contribution in [-0.4, -0.2) is 62.1 Å². The fourth-order valence-corrected chi connectivity index (χ4v) is 3.33. The van der Waals surface area contributed by atoms with E-state index in [1.54, 1.807) is 0 Å². The van der Waals surface area contributed by atoms with Gasteiger partial charge in [-0.25, -0.2) is 4.79 Å². The van der Waals surface area contributed by atoms with Crippen molar-refractivity contribution in [1.82, 2.24) is 20.4 Å². The van der Waals surface area contributed by atoms with Crippen LogP contribution in [0.1, 0.15) is 30.9 Å². The lowest BCUT2D eigenvalue weighted by Crippen LogP contribution is -2.45. The number of nitrogens with zero attached hydrogens (tertiary/aromatic N) is 2. The van der Waals surface area contributed by atoms with E-state index in [-0.39, 0.29) is 12.1 Å². The molecule has 132 valence electrons. The molecule has 0 radical (unpaired) electrons. The zero-order chi connectivity index (χ0) is 16.8. The maximum Gasteiger partial charge on any atom is 0.315 e. The highest BCUT2D eigenvalue weighted by molar-refractivity contribution is 5.74. The van der Waals surface area contributed by atoms with Gasteiger partial charge >= 0.3 is 6.03 Å². The van der Waals surface area contributed by atoms with Crippen molar-refractivity contribution in [2.45, 2.75) is 25.3 Å². The third-order valence-electron chi connectivity index (χ3n) is 5.07. The van der Waals surface area contributed by atoms with Crippen LogP contribution in [0.4, 0.5) is 4.79 Å². The predicted molar refractivity (Wildman–Crippen MR) is 97.0 cm³/mol. The van der Waals surface area contributed by atoms with Gasteiger partial charge in [0.05, 0.1) is 6.04 Å². The summed E-state index contributed by atoms with van der Waals surface area (Å²) in [7, 11) is 2.17. The molecular formula is C19H30N4O. The molecule has 2 fully saturated rings. The number of nitrogens with one attached hydrogen (secondary N) is 2. The summed E-state index contributed by atoms with van der Waals surface area (Å²) in [5.74, 6) is 0.600. The monoisotopic (exact) mass is 330 g/mol. The van der Waals surface area contributed by atoms with Crippen molar-refractivity contribution in [2.24, 2.45) is 5.92 Å². The number of benzene rings is 1. The number of carbonyl (C=O) groups is 1. The van der Waals surface area contributed by atoms with Gasteiger partial charge in [-0.05, 0) is 44.3 Å². The van der Waals surface area contributed by atoms with E-state index >= 15 is 0 Å². The van der Waals surface area contributed by atoms with Gasteiger partial charge in [-0.2, -0.15) is 0 Å². The van der Waals surface area contributed by atoms with Crippen molar-refractivity contribution >= 4 is 6.03 Å². The van der Waals surface area contributed by atoms with Gasteiger partial charge in [0, 0.05) is 32.7 Å². The van der Waals surface area contributed by atoms with Gasteiger partial charge in [-0.3, -0.25) is 0 Å². The molecule has 1 saturated carbocycles. The van der Waals surface area contributed by atoms with Crippen molar-refractivity contribution in [3.63, 3.8) is 0 Å². The van der Waals surface area contributed by atoms with Crippen LogP contribution in [0.25, 0.3) is 0 Å². The molecule has 1 heterocycles. The first-order chi connectivity index (χ1) is 11.7. The first-order valence-electron chi connectivity index (χ1n) is 9.22. The van der Waals surface area contributed by atoms with E-state index in [4.69, 9.17) is 0 Å². The zero-order valence-corrected chi connectivity index (χ0v) is 14.7. The Morgan fingerprint density at radius 2 is 1.88 bits per heavy atom. The number of rotatable bonds is 7. The fourth-order valence-electron chi connectivity index (χ4n) is 3.33. The van der Waals surface area contributed by atoms with Crippen LogP contribution < -0.4 is 10.6 Å². The number of likely N-dealkylation sites (N-methyl/N-ethyl adjacent to an activating group) is 1. The molecule has 1 saturated heterocycles. The highest BCUT2D eigenvalue weighted by Crippen LogP contribution is 2.40. The average Bonchev–Trinajstić information content (AvgIpc) is 3.44. The van der Waals surface area contributed by atoms with Crippen molar-refractivity contribution in [3.05, 3.63) is 35.9 Å². The second-order valence-electron chi connectivity index (χ2n) is 7.12. The first kappa shape index (κ1) is 17.2. The average molecular weight is 330 g/mol. The molecule has 0 aromatic heterocycles. The Morgan fingerprint density at radius 3 is 2.54 bits per heavy atom. The molecule has 1 unspecified atom stereocenters. The van der Waals surface area contributed by atoms with E-state index in [1.165, 1.54) is 18.4 Å². The van der Waals surface area contributed by atoms with Crippen LogP contribution in [0.3, 0.4) is 0 Å². The number of piperazine rings is 1. The number of urea groups is 1. The summed E-state index contributed by atoms with van der Waals surface area (Å²) < 4.78 is 0. The number of carbonyl (C=O) groups excluding carboxylic acids is 1. The molecule has 1 aromatic carbocycles. The Labute approximate surface area is 145 Å². The summed E-state index contributed by atoms with van der Waals surface area (Å²) in [4.78, 5) is 17.1. The summed E-state index contributed by atoms with van der Waals surface area (Å²) in [5, 5.41) is 6.20. The van der Waals surface area contributed by atoms with Gasteiger partial charge in [-0.15, -0.1) is 0 Å². The maximum atomic E-state index is 12.2. The molecule has 0 spiro atoms. The standard InChI is InChI=1S/C19H30N4O/c1-22-12-14-23(15-13-22)11-5-10-20-19(24)21-18(17-8-9-17)16-6-3-2-4-7-16/h2-4,6-7,17-18H,5,8-15H2,1H3,(H2,20,21,24). The Kier molecular flexibility index (Phi) is 6.10. The van der Waals surface area contributed by atoms with Crippen LogP contribution in [0, 0.1) is 5.92 Å². The third-order valence-corrected chi connectivity index (χ3v) is 5.07. The highest BCUT2D eigenvalue weighted by atomic mass is 16.2. The minimum Gasteiger partial charge on any atom is -0.338 e. The van der Waals surface area contributed by atoms with Crippen molar-refractivity contribution in [2.75, 3.05) is 46.3 Å². The Hall–Kier alpha value is -1.59. The minimum absolute atomic E-state index is 0.0332. The lowest BCUT2D eigenvalue weighted by molar-refractivity contribution is 0.153. The number of hydrogen-bond acceptors (Lipinski definition) is 3. The normalized spacial score (nSPS) is 20.5. The van der Waals surface area contributed by atoms with Crippen LogP contribution in [-0.2, 0) is 0 Å². The second-order valence-corrected chi connectivity index (χ2v) is 7.12. The molecule has 1 aliphatic heterocycles. The van der Waals surface area contributed by atoms with Gasteiger partial charge < -0.3 is 20.4 Å². The van der Waals surface area contributed by atoms with E-state index in [9.17, 15) is 4.79 Å². The van der Waals surface area contributed by atoms with Gasteiger partial charge in [0.1, 0.15) is 0 Å². The summed E-state index contributed by atoms with van der Waals surface area (Å²) in [6.07, 6.45) is 3.43. The lowest BCUT2D eigenvalue weighted by atomic mass is 10.0. The van der Waals surface area contributed by atoms with Gasteiger partial charge in [-0.1, -0.05) is 30.3 Å². The predicted octanol–water partition coefficient (Wildman–Crippen LogP) is 2.07. The molecule has 5 heteroatoms. The van der Waals surface area contributed by atoms with E-state index < -0.39 is 0 Å². The van der Waals surface area contributed by atoms with Crippen LogP contribution >= 0.6 is 0 Å². The molecule has 3 rings (SSSR count). The quantitative estimate of drug-likeness (QED) is 0.753. The molecule has 1 aromatic rings. The minimum atomic E-state index is -0.0332. The van der Waals surface area contributed by atoms with Crippen LogP contribution in [0.15, 0.2) is 30.3 Å². The topological polar surface area (TPSA) is 47.6 Å². The van der Waals surface area contributed by atoms with E-state index in [0.29, 0.717) is 5.92 Å². The second kappa shape index (κ2) is 8.49. The van der Waals surface area contributed by atoms with E-state index in [2.05, 4.69) is 39.6 Å². The first-order valence-corrected chi connectivity index (χ1v) is 9.22. The zero-order valence-electron chi connectivity index (χ0n) is 14.7. The summed E-state index contributed by atoms with van der Waals surface area (Å²) in [6.45, 7) is 6.38. The number of hydrogen-bond donors (Lipinski definition) is 2. The molecule has 2 amide bonds. The van der Waals surface area contributed by atoms with Crippen LogP contribution in [0.2, 0.25) is 0 Å². The van der Waals surface area contributed by atoms with Gasteiger partial charge in [0.2, 0.25) is 0 Å². The summed E-state index contributed by atoms with van der Waals surface area (Å²) >= 11 is 0. The van der Waals surface area contributed by atoms with Crippen molar-refractivity contribution in [1.29, 1.82) is 0 Å². The Balaban J connectivity index is 1.36. The van der Waals surface area contributed by atoms with E-state index in [0.717, 1.165) is 45.7 Å². The largest absolute Gasteiger partial charge is 0.338 e. The number of amides is 2. The summed E-state index contributed by atoms with van der Waals surface area (Å²) in [6, 6.07) is 10.4. The smallest absolute Gasteiger partial charge is 0.315 e. The molecule has 1 aliphatic carbocycles. The SMILES string of the molecule is CN1CCN(CCCNC(=O)NC(c2ccccc2)C2CC2)CC1. The van der Waals surface area contributed by atoms with Crippen molar-refractivity contribution in [3.8, 4) is 0 Å². The van der Waals surface area contributed by atoms with E-state index in [1.807, 2.05) is 18.2 Å². The Morgan fingerprint density at radius 1 is 1.17 bits per heavy atom. The molecule has 0 bridgehead atoms. The van der Waals surface area contributed by atoms with Crippen LogP contribution in [0.5, 0.6) is 0 Å². The van der Waals surface area contributed by atoms with Crippen molar-refractivity contribution < 1.29 is 4.79 Å². The molecule has 5 nitrogen and oxygen atoms in total. The van der Waals surface area contributed by atoms with Gasteiger partial charge in [0.15, 0.2) is 0 Å². The molecule has 24 heavy (non-hydrogen) atoms. The lowest BCUT2D eigenvalue weighted by Gasteiger charge is -2.32. The summed E-state index contributed by atoms with van der Waals surface area (Å²) in [5.41, 5.74) is 1.22. The molecule has 2 N–H and O–H groups in total. The maximum absolute atomic E-state index is 12.2. The Bertz CT molecular complexity index is 509. The fraction of sp³-hybridized carbons (Fsp3) is 0.632.